The summed E-state index contributed by atoms with van der Waals surface area (Å²) >= 11 is 0. The number of hydrogen-bond acceptors (Lipinski definition) is 6. The predicted octanol–water partition coefficient (Wildman–Crippen LogP) is -0.774. The Bertz CT molecular complexity index is 530. The third kappa shape index (κ3) is 3.74. The van der Waals surface area contributed by atoms with E-state index >= 15 is 0 Å². The Morgan fingerprint density at radius 2 is 2.11 bits per heavy atom. The van der Waals surface area contributed by atoms with E-state index in [1.54, 1.807) is 0 Å². The van der Waals surface area contributed by atoms with Crippen LogP contribution in [-0.4, -0.2) is 42.8 Å². The van der Waals surface area contributed by atoms with Gasteiger partial charge < -0.3 is 10.2 Å². The number of sulfonamides is 1. The number of nitro benzene ring substituents is 1. The zero-order chi connectivity index (χ0) is 13.8. The second-order valence-electron chi connectivity index (χ2n) is 3.44. The maximum absolute atomic E-state index is 11.7. The van der Waals surface area contributed by atoms with Crippen LogP contribution in [0.25, 0.3) is 0 Å². The minimum atomic E-state index is -3.95. The second kappa shape index (κ2) is 5.87. The number of non-ortho nitro benzene ring substituents is 1. The van der Waals surface area contributed by atoms with Gasteiger partial charge in [-0.25, -0.2) is 13.1 Å². The molecule has 0 heterocycles. The summed E-state index contributed by atoms with van der Waals surface area (Å²) in [7, 11) is -3.95. The van der Waals surface area contributed by atoms with E-state index in [1.165, 1.54) is 18.2 Å². The molecule has 1 unspecified atom stereocenters. The molecule has 100 valence electrons. The quantitative estimate of drug-likeness (QED) is 0.462. The number of nitrogens with one attached hydrogen (secondary N) is 1. The van der Waals surface area contributed by atoms with E-state index in [0.29, 0.717) is 0 Å². The fourth-order valence-electron chi connectivity index (χ4n) is 1.12. The number of benzene rings is 1. The molecule has 0 aromatic heterocycles. The van der Waals surface area contributed by atoms with Gasteiger partial charge >= 0.3 is 0 Å². The highest BCUT2D eigenvalue weighted by atomic mass is 32.2. The molecule has 1 rings (SSSR count). The molecule has 0 amide bonds. The SMILES string of the molecule is O=[N+]([O-])c1cccc(S(=O)(=O)NCC(O)CO)c1. The van der Waals surface area contributed by atoms with Crippen LogP contribution in [0.4, 0.5) is 5.69 Å². The molecule has 3 N–H and O–H groups in total. The first-order chi connectivity index (χ1) is 8.36. The lowest BCUT2D eigenvalue weighted by atomic mass is 10.3. The molecule has 1 atom stereocenters. The Labute approximate surface area is 103 Å². The van der Waals surface area contributed by atoms with E-state index in [9.17, 15) is 18.5 Å². The Kier molecular flexibility index (Phi) is 4.73. The van der Waals surface area contributed by atoms with E-state index < -0.39 is 27.7 Å². The lowest BCUT2D eigenvalue weighted by Gasteiger charge is -2.09. The van der Waals surface area contributed by atoms with Gasteiger partial charge in [0, 0.05) is 18.7 Å². The van der Waals surface area contributed by atoms with Crippen LogP contribution in [0.15, 0.2) is 29.2 Å². The normalized spacial score (nSPS) is 13.2. The fourth-order valence-corrected chi connectivity index (χ4v) is 2.23. The molecule has 0 aliphatic heterocycles. The molecule has 0 bridgehead atoms. The number of rotatable bonds is 6. The average molecular weight is 276 g/mol. The van der Waals surface area contributed by atoms with Crippen molar-refractivity contribution in [2.45, 2.75) is 11.0 Å². The van der Waals surface area contributed by atoms with Gasteiger partial charge in [0.25, 0.3) is 5.69 Å². The van der Waals surface area contributed by atoms with Crippen LogP contribution in [0.5, 0.6) is 0 Å². The molecule has 0 saturated heterocycles. The molecule has 8 nitrogen and oxygen atoms in total. The van der Waals surface area contributed by atoms with E-state index in [1.807, 2.05) is 4.72 Å². The van der Waals surface area contributed by atoms with Crippen LogP contribution >= 0.6 is 0 Å². The minimum absolute atomic E-state index is 0.276. The molecule has 0 aliphatic rings. The molecule has 18 heavy (non-hydrogen) atoms. The van der Waals surface area contributed by atoms with Gasteiger partial charge in [-0.15, -0.1) is 0 Å². The van der Waals surface area contributed by atoms with Crippen LogP contribution in [0, 0.1) is 10.1 Å². The van der Waals surface area contributed by atoms with Crippen LogP contribution in [0.3, 0.4) is 0 Å². The van der Waals surface area contributed by atoms with Crippen LogP contribution in [0.1, 0.15) is 0 Å². The monoisotopic (exact) mass is 276 g/mol. The Morgan fingerprint density at radius 3 is 2.67 bits per heavy atom. The highest BCUT2D eigenvalue weighted by Gasteiger charge is 2.18. The zero-order valence-corrected chi connectivity index (χ0v) is 10.0. The summed E-state index contributed by atoms with van der Waals surface area (Å²) in [5.41, 5.74) is -0.347. The maximum atomic E-state index is 11.7. The molecule has 0 saturated carbocycles. The number of aliphatic hydroxyl groups excluding tert-OH is 2. The van der Waals surface area contributed by atoms with Crippen LogP contribution < -0.4 is 4.72 Å². The summed E-state index contributed by atoms with van der Waals surface area (Å²) in [5.74, 6) is 0. The Morgan fingerprint density at radius 1 is 1.44 bits per heavy atom. The third-order valence-electron chi connectivity index (χ3n) is 2.06. The molecule has 1 aromatic carbocycles. The van der Waals surface area contributed by atoms with Gasteiger partial charge in [0.2, 0.25) is 10.0 Å². The summed E-state index contributed by atoms with van der Waals surface area (Å²) in [6.45, 7) is -0.959. The van der Waals surface area contributed by atoms with Gasteiger partial charge in [0.15, 0.2) is 0 Å². The lowest BCUT2D eigenvalue weighted by Crippen LogP contribution is -2.33. The molecule has 9 heteroatoms. The Balaban J connectivity index is 2.91. The molecule has 0 fully saturated rings. The molecule has 0 aliphatic carbocycles. The summed E-state index contributed by atoms with van der Waals surface area (Å²) in [6.07, 6.45) is -1.22. The first-order valence-corrected chi connectivity index (χ1v) is 6.38. The number of nitrogens with zero attached hydrogens (tertiary/aromatic N) is 1. The average Bonchev–Trinajstić information content (AvgIpc) is 2.36. The van der Waals surface area contributed by atoms with Crippen LogP contribution in [-0.2, 0) is 10.0 Å². The van der Waals surface area contributed by atoms with Crippen molar-refractivity contribution in [3.05, 3.63) is 34.4 Å². The van der Waals surface area contributed by atoms with Crippen molar-refractivity contribution >= 4 is 15.7 Å². The number of nitro groups is 1. The van der Waals surface area contributed by atoms with E-state index in [2.05, 4.69) is 0 Å². The van der Waals surface area contributed by atoms with Gasteiger partial charge in [-0.3, -0.25) is 10.1 Å². The molecular formula is C9H12N2O6S. The van der Waals surface area contributed by atoms with Crippen molar-refractivity contribution in [3.63, 3.8) is 0 Å². The van der Waals surface area contributed by atoms with E-state index in [-0.39, 0.29) is 17.1 Å². The predicted molar refractivity (Wildman–Crippen MR) is 61.4 cm³/mol. The van der Waals surface area contributed by atoms with Gasteiger partial charge in [0.05, 0.1) is 22.5 Å². The molecule has 0 spiro atoms. The first-order valence-electron chi connectivity index (χ1n) is 4.90. The van der Waals surface area contributed by atoms with Crippen molar-refractivity contribution in [3.8, 4) is 0 Å². The molecular weight excluding hydrogens is 264 g/mol. The topological polar surface area (TPSA) is 130 Å². The summed E-state index contributed by atoms with van der Waals surface area (Å²) in [5, 5.41) is 28.1. The third-order valence-corrected chi connectivity index (χ3v) is 3.48. The Hall–Kier alpha value is -1.55. The van der Waals surface area contributed by atoms with Crippen molar-refractivity contribution < 1.29 is 23.6 Å². The summed E-state index contributed by atoms with van der Waals surface area (Å²) < 4.78 is 25.4. The highest BCUT2D eigenvalue weighted by Crippen LogP contribution is 2.16. The zero-order valence-electron chi connectivity index (χ0n) is 9.18. The summed E-state index contributed by atoms with van der Waals surface area (Å²) in [6, 6.07) is 4.52. The highest BCUT2D eigenvalue weighted by molar-refractivity contribution is 7.89. The van der Waals surface area contributed by atoms with Gasteiger partial charge in [-0.2, -0.15) is 0 Å². The molecule has 0 radical (unpaired) electrons. The number of aliphatic hydroxyl groups is 2. The largest absolute Gasteiger partial charge is 0.394 e. The second-order valence-corrected chi connectivity index (χ2v) is 5.21. The van der Waals surface area contributed by atoms with Crippen molar-refractivity contribution in [1.82, 2.24) is 4.72 Å². The van der Waals surface area contributed by atoms with Crippen molar-refractivity contribution in [1.29, 1.82) is 0 Å². The lowest BCUT2D eigenvalue weighted by molar-refractivity contribution is -0.385. The smallest absolute Gasteiger partial charge is 0.270 e. The van der Waals surface area contributed by atoms with Gasteiger partial charge in [-0.1, -0.05) is 6.07 Å². The van der Waals surface area contributed by atoms with Gasteiger partial charge in [-0.05, 0) is 6.07 Å². The van der Waals surface area contributed by atoms with E-state index in [4.69, 9.17) is 10.2 Å². The first kappa shape index (κ1) is 14.5. The van der Waals surface area contributed by atoms with Gasteiger partial charge in [0.1, 0.15) is 0 Å². The fraction of sp³-hybridized carbons (Fsp3) is 0.333. The van der Waals surface area contributed by atoms with E-state index in [0.717, 1.165) is 6.07 Å². The maximum Gasteiger partial charge on any atom is 0.270 e. The minimum Gasteiger partial charge on any atom is -0.394 e. The van der Waals surface area contributed by atoms with Crippen molar-refractivity contribution in [2.75, 3.05) is 13.2 Å². The standard InChI is InChI=1S/C9H12N2O6S/c12-6-8(13)5-10-18(16,17)9-3-1-2-7(4-9)11(14)15/h1-4,8,10,12-13H,5-6H2. The number of hydrogen-bond donors (Lipinski definition) is 3. The molecule has 1 aromatic rings. The summed E-state index contributed by atoms with van der Waals surface area (Å²) in [4.78, 5) is 9.53. The van der Waals surface area contributed by atoms with Crippen molar-refractivity contribution in [2.24, 2.45) is 0 Å². The van der Waals surface area contributed by atoms with Crippen LogP contribution in [0.2, 0.25) is 0 Å².